The van der Waals surface area contributed by atoms with Gasteiger partial charge in [-0.25, -0.2) is 4.98 Å². The van der Waals surface area contributed by atoms with Crippen LogP contribution in [0.4, 0.5) is 0 Å². The fourth-order valence-corrected chi connectivity index (χ4v) is 5.76. The van der Waals surface area contributed by atoms with E-state index in [0.29, 0.717) is 19.5 Å². The van der Waals surface area contributed by atoms with Gasteiger partial charge in [0.25, 0.3) is 0 Å². The molecule has 45 heavy (non-hydrogen) atoms. The second-order valence-electron chi connectivity index (χ2n) is 11.4. The van der Waals surface area contributed by atoms with Crippen molar-refractivity contribution in [2.24, 2.45) is 7.05 Å². The summed E-state index contributed by atoms with van der Waals surface area (Å²) < 4.78 is 1.93. The monoisotopic (exact) mass is 596 g/mol. The number of rotatable bonds is 9. The van der Waals surface area contributed by atoms with Gasteiger partial charge >= 0.3 is 0 Å². The van der Waals surface area contributed by atoms with Crippen molar-refractivity contribution in [2.45, 2.75) is 38.9 Å². The molecule has 8 nitrogen and oxygen atoms in total. The van der Waals surface area contributed by atoms with E-state index in [1.54, 1.807) is 29.4 Å². The van der Waals surface area contributed by atoms with Gasteiger partial charge in [-0.3, -0.25) is 9.59 Å². The van der Waals surface area contributed by atoms with E-state index in [4.69, 9.17) is 0 Å². The normalized spacial score (nSPS) is 13.4. The van der Waals surface area contributed by atoms with Crippen molar-refractivity contribution in [3.8, 4) is 11.3 Å². The Bertz CT molecular complexity index is 1800. The van der Waals surface area contributed by atoms with E-state index in [2.05, 4.69) is 27.3 Å². The lowest BCUT2D eigenvalue weighted by molar-refractivity contribution is -0.144. The van der Waals surface area contributed by atoms with Crippen molar-refractivity contribution in [2.75, 3.05) is 6.54 Å². The van der Waals surface area contributed by atoms with Gasteiger partial charge in [0, 0.05) is 50.9 Å². The Hall–Kier alpha value is -5.37. The van der Waals surface area contributed by atoms with Crippen LogP contribution in [0.1, 0.15) is 33.8 Å². The van der Waals surface area contributed by atoms with Crippen LogP contribution in [0.5, 0.6) is 0 Å². The van der Waals surface area contributed by atoms with E-state index in [-0.39, 0.29) is 18.4 Å². The molecule has 5 aromatic rings. The highest BCUT2D eigenvalue weighted by atomic mass is 16.2. The van der Waals surface area contributed by atoms with Crippen LogP contribution in [0.15, 0.2) is 109 Å². The quantitative estimate of drug-likeness (QED) is 0.212. The zero-order chi connectivity index (χ0) is 31.2. The first-order chi connectivity index (χ1) is 22.0. The Morgan fingerprint density at radius 2 is 1.67 bits per heavy atom. The number of hydrogen-bond acceptors (Lipinski definition) is 5. The number of nitrogens with zero attached hydrogens (tertiary/aromatic N) is 6. The number of carbonyl (C=O) groups is 2. The number of benzene rings is 3. The SMILES string of the molecule is Cc1ncc(C=CC(=O)N(Cc2ccc(-c3cccnn3)cc2)C(Cc2ccccc2)C(=O)N2CCc3ccccc3C2)n1C. The molecule has 3 aromatic carbocycles. The molecular weight excluding hydrogens is 560 g/mol. The second kappa shape index (κ2) is 13.5. The van der Waals surface area contributed by atoms with Crippen LogP contribution in [0.2, 0.25) is 0 Å². The number of aryl methyl sites for hydroxylation is 1. The molecule has 6 rings (SSSR count). The molecule has 0 saturated carbocycles. The second-order valence-corrected chi connectivity index (χ2v) is 11.4. The summed E-state index contributed by atoms with van der Waals surface area (Å²) >= 11 is 0. The molecule has 2 aromatic heterocycles. The van der Waals surface area contributed by atoms with E-state index < -0.39 is 6.04 Å². The lowest BCUT2D eigenvalue weighted by Gasteiger charge is -2.37. The van der Waals surface area contributed by atoms with Crippen molar-refractivity contribution in [1.29, 1.82) is 0 Å². The third-order valence-corrected chi connectivity index (χ3v) is 8.49. The standard InChI is InChI=1S/C37H36N6O2/c1-27-38-24-33(41(27)2)18-19-36(44)43(25-29-14-16-31(17-15-29)34-13-8-21-39-40-34)35(23-28-9-4-3-5-10-28)37(45)42-22-20-30-11-6-7-12-32(30)26-42/h3-19,21,24,35H,20,22-23,25-26H2,1-2H3. The Balaban J connectivity index is 1.35. The molecular formula is C37H36N6O2. The minimum Gasteiger partial charge on any atom is -0.336 e. The lowest BCUT2D eigenvalue weighted by Crippen LogP contribution is -2.52. The number of imidazole rings is 1. The third kappa shape index (κ3) is 6.91. The molecule has 0 spiro atoms. The van der Waals surface area contributed by atoms with E-state index in [0.717, 1.165) is 45.9 Å². The maximum atomic E-state index is 14.5. The maximum Gasteiger partial charge on any atom is 0.247 e. The van der Waals surface area contributed by atoms with Gasteiger partial charge in [-0.05, 0) is 53.8 Å². The molecule has 3 heterocycles. The van der Waals surface area contributed by atoms with Gasteiger partial charge < -0.3 is 14.4 Å². The van der Waals surface area contributed by atoms with Crippen LogP contribution in [-0.4, -0.2) is 53.9 Å². The summed E-state index contributed by atoms with van der Waals surface area (Å²) in [5.74, 6) is 0.561. The summed E-state index contributed by atoms with van der Waals surface area (Å²) in [7, 11) is 1.92. The Morgan fingerprint density at radius 1 is 0.911 bits per heavy atom. The zero-order valence-corrected chi connectivity index (χ0v) is 25.6. The Morgan fingerprint density at radius 3 is 2.38 bits per heavy atom. The molecule has 1 aliphatic rings. The van der Waals surface area contributed by atoms with Crippen LogP contribution in [0.3, 0.4) is 0 Å². The van der Waals surface area contributed by atoms with Crippen LogP contribution in [0, 0.1) is 6.92 Å². The van der Waals surface area contributed by atoms with Crippen molar-refractivity contribution >= 4 is 17.9 Å². The first-order valence-corrected chi connectivity index (χ1v) is 15.2. The molecule has 0 bridgehead atoms. The van der Waals surface area contributed by atoms with Gasteiger partial charge in [-0.15, -0.1) is 0 Å². The Labute approximate surface area is 263 Å². The number of hydrogen-bond donors (Lipinski definition) is 0. The first kappa shape index (κ1) is 29.7. The molecule has 0 fully saturated rings. The van der Waals surface area contributed by atoms with Crippen LogP contribution >= 0.6 is 0 Å². The third-order valence-electron chi connectivity index (χ3n) is 8.49. The summed E-state index contributed by atoms with van der Waals surface area (Å²) in [5, 5.41) is 8.21. The molecule has 1 atom stereocenters. The number of amides is 2. The highest BCUT2D eigenvalue weighted by molar-refractivity contribution is 5.95. The molecule has 226 valence electrons. The van der Waals surface area contributed by atoms with Gasteiger partial charge in [-0.2, -0.15) is 10.2 Å². The van der Waals surface area contributed by atoms with Crippen LogP contribution in [0.25, 0.3) is 17.3 Å². The molecule has 8 heteroatoms. The predicted molar refractivity (Wildman–Crippen MR) is 174 cm³/mol. The number of fused-ring (bicyclic) bond motifs is 1. The smallest absolute Gasteiger partial charge is 0.247 e. The van der Waals surface area contributed by atoms with Crippen LogP contribution < -0.4 is 0 Å². The fourth-order valence-electron chi connectivity index (χ4n) is 5.76. The Kier molecular flexibility index (Phi) is 8.91. The van der Waals surface area contributed by atoms with Gasteiger partial charge in [0.1, 0.15) is 11.9 Å². The summed E-state index contributed by atoms with van der Waals surface area (Å²) in [6.07, 6.45) is 7.91. The minimum absolute atomic E-state index is 0.0531. The van der Waals surface area contributed by atoms with Crippen molar-refractivity contribution in [3.05, 3.63) is 143 Å². The molecule has 1 aliphatic heterocycles. The molecule has 0 N–H and O–H groups in total. The number of carbonyl (C=O) groups excluding carboxylic acids is 2. The van der Waals surface area contributed by atoms with Crippen molar-refractivity contribution in [3.63, 3.8) is 0 Å². The van der Waals surface area contributed by atoms with Crippen LogP contribution in [-0.2, 0) is 42.6 Å². The highest BCUT2D eigenvalue weighted by Gasteiger charge is 2.34. The molecule has 0 saturated heterocycles. The average molecular weight is 597 g/mol. The largest absolute Gasteiger partial charge is 0.336 e. The van der Waals surface area contributed by atoms with Crippen molar-refractivity contribution < 1.29 is 9.59 Å². The highest BCUT2D eigenvalue weighted by Crippen LogP contribution is 2.24. The van der Waals surface area contributed by atoms with Gasteiger partial charge in [0.15, 0.2) is 0 Å². The first-order valence-electron chi connectivity index (χ1n) is 15.2. The van der Waals surface area contributed by atoms with Gasteiger partial charge in [0.05, 0.1) is 17.6 Å². The average Bonchev–Trinajstić information content (AvgIpc) is 3.41. The molecule has 1 unspecified atom stereocenters. The van der Waals surface area contributed by atoms with E-state index in [1.165, 1.54) is 5.56 Å². The van der Waals surface area contributed by atoms with Gasteiger partial charge in [0.2, 0.25) is 11.8 Å². The summed E-state index contributed by atoms with van der Waals surface area (Å²) in [6, 6.07) is 29.2. The van der Waals surface area contributed by atoms with E-state index >= 15 is 0 Å². The van der Waals surface area contributed by atoms with E-state index in [1.807, 2.05) is 102 Å². The van der Waals surface area contributed by atoms with Crippen molar-refractivity contribution in [1.82, 2.24) is 29.5 Å². The summed E-state index contributed by atoms with van der Waals surface area (Å²) in [6.45, 7) is 3.32. The van der Waals surface area contributed by atoms with E-state index in [9.17, 15) is 9.59 Å². The summed E-state index contributed by atoms with van der Waals surface area (Å²) in [5.41, 5.74) is 6.85. The zero-order valence-electron chi connectivity index (χ0n) is 25.6. The minimum atomic E-state index is -0.706. The fraction of sp³-hybridized carbons (Fsp3) is 0.216. The maximum absolute atomic E-state index is 14.5. The topological polar surface area (TPSA) is 84.2 Å². The predicted octanol–water partition coefficient (Wildman–Crippen LogP) is 5.42. The lowest BCUT2D eigenvalue weighted by atomic mass is 9.97. The van der Waals surface area contributed by atoms with Gasteiger partial charge in [-0.1, -0.05) is 78.9 Å². The number of aromatic nitrogens is 4. The molecule has 0 radical (unpaired) electrons. The molecule has 0 aliphatic carbocycles. The summed E-state index contributed by atoms with van der Waals surface area (Å²) in [4.78, 5) is 36.6. The molecule has 2 amide bonds.